The number of unbranched alkanes of at least 4 members (excludes halogenated alkanes) is 1. The molecule has 0 atom stereocenters. The molecule has 0 saturated carbocycles. The number of thiol groups is 1. The van der Waals surface area contributed by atoms with Gasteiger partial charge < -0.3 is 0 Å². The van der Waals surface area contributed by atoms with Crippen LogP contribution in [0.1, 0.15) is 33.1 Å². The topological polar surface area (TPSA) is 35.5 Å². The van der Waals surface area contributed by atoms with E-state index in [2.05, 4.69) is 36.3 Å². The molecule has 3 nitrogen and oxygen atoms in total. The third-order valence-electron chi connectivity index (χ3n) is 0.992. The monoisotopic (exact) mass is 194 g/mol. The van der Waals surface area contributed by atoms with E-state index in [0.717, 1.165) is 0 Å². The summed E-state index contributed by atoms with van der Waals surface area (Å²) >= 11 is 3.80. The van der Waals surface area contributed by atoms with Crippen LogP contribution in [0, 0.1) is 0 Å². The Morgan fingerprint density at radius 2 is 1.83 bits per heavy atom. The van der Waals surface area contributed by atoms with Crippen LogP contribution in [-0.2, 0) is 14.6 Å². The normalized spacial score (nSPS) is 8.33. The smallest absolute Gasteiger partial charge is 0.299 e. The molecule has 0 rings (SSSR count). The van der Waals surface area contributed by atoms with E-state index >= 15 is 0 Å². The van der Waals surface area contributed by atoms with Gasteiger partial charge in [-0.2, -0.15) is 17.5 Å². The van der Waals surface area contributed by atoms with Crippen LogP contribution in [0.3, 0.4) is 0 Å². The van der Waals surface area contributed by atoms with E-state index in [0.29, 0.717) is 5.75 Å². The highest BCUT2D eigenvalue weighted by atomic mass is 32.1. The lowest BCUT2D eigenvalue weighted by atomic mass is 10.4. The Morgan fingerprint density at radius 1 is 1.33 bits per heavy atom. The molecular formula is C8H18O3S. The average molecular weight is 194 g/mol. The Bertz CT molecular complexity index is 86.3. The summed E-state index contributed by atoms with van der Waals surface area (Å²) in [6.07, 6.45) is 2.93. The molecule has 0 aromatic rings. The van der Waals surface area contributed by atoms with E-state index in [9.17, 15) is 4.79 Å². The second-order valence-corrected chi connectivity index (χ2v) is 2.54. The zero-order valence-corrected chi connectivity index (χ0v) is 8.89. The molecule has 0 unspecified atom stereocenters. The maximum absolute atomic E-state index is 10.2. The first-order chi connectivity index (χ1) is 5.72. The Labute approximate surface area is 79.8 Å². The van der Waals surface area contributed by atoms with Crippen molar-refractivity contribution in [2.75, 3.05) is 12.9 Å². The van der Waals surface area contributed by atoms with Crippen molar-refractivity contribution in [3.8, 4) is 0 Å². The lowest BCUT2D eigenvalue weighted by Gasteiger charge is -1.94. The molecule has 0 N–H and O–H groups in total. The first-order valence-electron chi connectivity index (χ1n) is 4.07. The van der Waals surface area contributed by atoms with E-state index in [-0.39, 0.29) is 12.4 Å². The lowest BCUT2D eigenvalue weighted by molar-refractivity contribution is -0.254. The molecule has 12 heavy (non-hydrogen) atoms. The first-order valence-corrected chi connectivity index (χ1v) is 4.70. The van der Waals surface area contributed by atoms with Crippen molar-refractivity contribution in [3.05, 3.63) is 0 Å². The molecule has 4 heteroatoms. The summed E-state index contributed by atoms with van der Waals surface area (Å²) < 4.78 is 0. The van der Waals surface area contributed by atoms with Crippen molar-refractivity contribution in [3.63, 3.8) is 0 Å². The molecular weight excluding hydrogens is 176 g/mol. The van der Waals surface area contributed by atoms with Crippen LogP contribution in [-0.4, -0.2) is 18.8 Å². The Morgan fingerprint density at radius 3 is 2.08 bits per heavy atom. The van der Waals surface area contributed by atoms with Gasteiger partial charge in [-0.05, 0) is 0 Å². The van der Waals surface area contributed by atoms with E-state index in [1.54, 1.807) is 0 Å². The van der Waals surface area contributed by atoms with Gasteiger partial charge in [0.2, 0.25) is 0 Å². The minimum atomic E-state index is -0.387. The predicted molar refractivity (Wildman–Crippen MR) is 52.2 cm³/mol. The second kappa shape index (κ2) is 13.4. The van der Waals surface area contributed by atoms with E-state index in [1.165, 1.54) is 20.0 Å². The summed E-state index contributed by atoms with van der Waals surface area (Å²) in [6.45, 7) is 4.36. The van der Waals surface area contributed by atoms with Gasteiger partial charge in [0.1, 0.15) is 0 Å². The van der Waals surface area contributed by atoms with Crippen LogP contribution < -0.4 is 0 Å². The third kappa shape index (κ3) is 16.4. The molecule has 0 aliphatic heterocycles. The molecule has 0 amide bonds. The summed E-state index contributed by atoms with van der Waals surface area (Å²) in [5.74, 6) is 0.102. The average Bonchev–Trinajstić information content (AvgIpc) is 2.06. The molecule has 0 spiro atoms. The molecule has 0 radical (unpaired) electrons. The van der Waals surface area contributed by atoms with Crippen molar-refractivity contribution in [2.45, 2.75) is 33.1 Å². The van der Waals surface area contributed by atoms with Crippen LogP contribution >= 0.6 is 12.6 Å². The second-order valence-electron chi connectivity index (χ2n) is 2.10. The molecule has 0 bridgehead atoms. The lowest BCUT2D eigenvalue weighted by Crippen LogP contribution is -2.02. The van der Waals surface area contributed by atoms with Crippen LogP contribution in [0.5, 0.6) is 0 Å². The first kappa shape index (κ1) is 14.3. The fourth-order valence-electron chi connectivity index (χ4n) is 0.226. The van der Waals surface area contributed by atoms with Crippen molar-refractivity contribution in [1.82, 2.24) is 0 Å². The molecule has 0 fully saturated rings. The Hall–Kier alpha value is -0.220. The number of carbonyl (C=O) groups excluding carboxylic acids is 1. The molecule has 0 heterocycles. The van der Waals surface area contributed by atoms with Crippen molar-refractivity contribution < 1.29 is 14.6 Å². The third-order valence-corrected chi connectivity index (χ3v) is 1.22. The van der Waals surface area contributed by atoms with E-state index in [4.69, 9.17) is 0 Å². The molecule has 0 aromatic heterocycles. The van der Waals surface area contributed by atoms with Crippen molar-refractivity contribution in [2.24, 2.45) is 0 Å². The van der Waals surface area contributed by atoms with Gasteiger partial charge in [-0.25, -0.2) is 4.79 Å². The zero-order valence-electron chi connectivity index (χ0n) is 8.00. The van der Waals surface area contributed by atoms with Crippen LogP contribution in [0.2, 0.25) is 0 Å². The molecule has 0 aliphatic rings. The maximum Gasteiger partial charge on any atom is 0.343 e. The highest BCUT2D eigenvalue weighted by Gasteiger charge is 1.97. The van der Waals surface area contributed by atoms with Gasteiger partial charge in [0.15, 0.2) is 0 Å². The number of rotatable bonds is 4. The SMILES string of the molecule is CCCC.COOC(=O)CCS. The summed E-state index contributed by atoms with van der Waals surface area (Å²) in [5, 5.41) is 0. The van der Waals surface area contributed by atoms with E-state index < -0.39 is 0 Å². The van der Waals surface area contributed by atoms with E-state index in [1.807, 2.05) is 0 Å². The minimum Gasteiger partial charge on any atom is -0.299 e. The standard InChI is InChI=1S/C4H8O3S.C4H10/c1-6-7-4(5)2-3-8;1-3-4-2/h8H,2-3H2,1H3;3-4H2,1-2H3. The fraction of sp³-hybridized carbons (Fsp3) is 0.875. The van der Waals surface area contributed by atoms with Gasteiger partial charge in [0, 0.05) is 5.75 Å². The van der Waals surface area contributed by atoms with Gasteiger partial charge >= 0.3 is 5.97 Å². The molecule has 74 valence electrons. The number of hydrogen-bond donors (Lipinski definition) is 1. The summed E-state index contributed by atoms with van der Waals surface area (Å²) in [4.78, 5) is 18.4. The van der Waals surface area contributed by atoms with Gasteiger partial charge in [-0.3, -0.25) is 4.89 Å². The fourth-order valence-corrected chi connectivity index (χ4v) is 0.408. The minimum absolute atomic E-state index is 0.289. The predicted octanol–water partition coefficient (Wildman–Crippen LogP) is 2.22. The Balaban J connectivity index is 0. The van der Waals surface area contributed by atoms with Crippen molar-refractivity contribution >= 4 is 18.6 Å². The van der Waals surface area contributed by atoms with Gasteiger partial charge in [0.05, 0.1) is 13.5 Å². The quantitative estimate of drug-likeness (QED) is 0.423. The highest BCUT2D eigenvalue weighted by Crippen LogP contribution is 1.87. The van der Waals surface area contributed by atoms with Crippen molar-refractivity contribution in [1.29, 1.82) is 0 Å². The summed E-state index contributed by atoms with van der Waals surface area (Å²) in [6, 6.07) is 0. The van der Waals surface area contributed by atoms with Gasteiger partial charge in [-0.15, -0.1) is 0 Å². The molecule has 0 saturated heterocycles. The zero-order chi connectivity index (χ0) is 9.82. The molecule has 0 aromatic carbocycles. The maximum atomic E-state index is 10.2. The van der Waals surface area contributed by atoms with Gasteiger partial charge in [-0.1, -0.05) is 26.7 Å². The van der Waals surface area contributed by atoms with Crippen LogP contribution in [0.25, 0.3) is 0 Å². The summed E-state index contributed by atoms with van der Waals surface area (Å²) in [7, 11) is 1.29. The van der Waals surface area contributed by atoms with Crippen LogP contribution in [0.15, 0.2) is 0 Å². The van der Waals surface area contributed by atoms with Crippen LogP contribution in [0.4, 0.5) is 0 Å². The highest BCUT2D eigenvalue weighted by molar-refractivity contribution is 7.80. The molecule has 0 aliphatic carbocycles. The largest absolute Gasteiger partial charge is 0.343 e. The number of hydrogen-bond acceptors (Lipinski definition) is 4. The number of carbonyl (C=O) groups is 1. The Kier molecular flexibility index (Phi) is 16.0. The summed E-state index contributed by atoms with van der Waals surface area (Å²) in [5.41, 5.74) is 0. The van der Waals surface area contributed by atoms with Gasteiger partial charge in [0.25, 0.3) is 0 Å².